The fraction of sp³-hybridized carbons (Fsp3) is 0.370. The van der Waals surface area contributed by atoms with Crippen molar-refractivity contribution in [1.82, 2.24) is 15.2 Å². The van der Waals surface area contributed by atoms with Gasteiger partial charge < -0.3 is 10.2 Å². The number of amides is 2. The number of fused-ring (bicyclic) bond motifs is 1. The summed E-state index contributed by atoms with van der Waals surface area (Å²) in [5.41, 5.74) is 2.30. The zero-order chi connectivity index (χ0) is 22.6. The molecule has 2 aromatic carbocycles. The lowest BCUT2D eigenvalue weighted by Gasteiger charge is -2.38. The van der Waals surface area contributed by atoms with Crippen LogP contribution in [0.4, 0.5) is 0 Å². The third-order valence-corrected chi connectivity index (χ3v) is 6.24. The molecule has 166 valence electrons. The van der Waals surface area contributed by atoms with E-state index >= 15 is 0 Å². The van der Waals surface area contributed by atoms with Gasteiger partial charge in [-0.25, -0.2) is 0 Å². The predicted octanol–water partition coefficient (Wildman–Crippen LogP) is 4.15. The first kappa shape index (κ1) is 22.0. The van der Waals surface area contributed by atoms with E-state index in [1.54, 1.807) is 13.8 Å². The topological polar surface area (TPSA) is 62.3 Å². The van der Waals surface area contributed by atoms with Crippen molar-refractivity contribution in [3.8, 4) is 0 Å². The molecule has 32 heavy (non-hydrogen) atoms. The molecular formula is C27H31N3O2. The predicted molar refractivity (Wildman–Crippen MR) is 127 cm³/mol. The Balaban J connectivity index is 1.39. The van der Waals surface area contributed by atoms with Crippen LogP contribution in [0.2, 0.25) is 0 Å². The van der Waals surface area contributed by atoms with E-state index < -0.39 is 5.54 Å². The van der Waals surface area contributed by atoms with Gasteiger partial charge >= 0.3 is 0 Å². The summed E-state index contributed by atoms with van der Waals surface area (Å²) in [6, 6.07) is 20.0. The van der Waals surface area contributed by atoms with Crippen LogP contribution in [-0.4, -0.2) is 40.3 Å². The molecule has 1 fully saturated rings. The van der Waals surface area contributed by atoms with Gasteiger partial charge in [0.15, 0.2) is 0 Å². The maximum Gasteiger partial charge on any atom is 0.247 e. The average Bonchev–Trinajstić information content (AvgIpc) is 2.79. The largest absolute Gasteiger partial charge is 0.342 e. The van der Waals surface area contributed by atoms with Crippen molar-refractivity contribution < 1.29 is 9.59 Å². The van der Waals surface area contributed by atoms with Crippen molar-refractivity contribution in [2.24, 2.45) is 5.92 Å². The van der Waals surface area contributed by atoms with E-state index in [2.05, 4.69) is 28.5 Å². The molecule has 0 saturated carbocycles. The summed E-state index contributed by atoms with van der Waals surface area (Å²) < 4.78 is 0. The van der Waals surface area contributed by atoms with Crippen LogP contribution in [0.1, 0.15) is 37.8 Å². The maximum atomic E-state index is 13.3. The summed E-state index contributed by atoms with van der Waals surface area (Å²) in [6.45, 7) is 5.06. The first-order valence-corrected chi connectivity index (χ1v) is 11.4. The van der Waals surface area contributed by atoms with Gasteiger partial charge in [-0.1, -0.05) is 48.5 Å². The highest BCUT2D eigenvalue weighted by atomic mass is 16.2. The van der Waals surface area contributed by atoms with Crippen molar-refractivity contribution in [2.45, 2.75) is 45.1 Å². The van der Waals surface area contributed by atoms with Crippen molar-refractivity contribution in [3.63, 3.8) is 0 Å². The molecule has 0 aliphatic carbocycles. The molecule has 1 aliphatic heterocycles. The van der Waals surface area contributed by atoms with Gasteiger partial charge in [0.1, 0.15) is 5.54 Å². The summed E-state index contributed by atoms with van der Waals surface area (Å²) in [7, 11) is 0. The van der Waals surface area contributed by atoms with Gasteiger partial charge in [0.2, 0.25) is 11.8 Å². The molecule has 2 amide bonds. The SMILES string of the molecule is CC(C)(NC(=O)Cc1ccccc1)C(=O)N1CCCC(Cc2cccc3ncccc23)C1. The van der Waals surface area contributed by atoms with E-state index in [1.165, 1.54) is 10.9 Å². The number of carbonyl (C=O) groups is 2. The van der Waals surface area contributed by atoms with Gasteiger partial charge in [-0.05, 0) is 62.3 Å². The van der Waals surface area contributed by atoms with E-state index in [4.69, 9.17) is 0 Å². The van der Waals surface area contributed by atoms with Crippen LogP contribution in [0.15, 0.2) is 66.9 Å². The summed E-state index contributed by atoms with van der Waals surface area (Å²) in [5, 5.41) is 4.14. The Kier molecular flexibility index (Phi) is 6.54. The first-order chi connectivity index (χ1) is 15.4. The lowest BCUT2D eigenvalue weighted by molar-refractivity contribution is -0.141. The van der Waals surface area contributed by atoms with E-state index in [-0.39, 0.29) is 18.2 Å². The van der Waals surface area contributed by atoms with Crippen LogP contribution in [-0.2, 0) is 22.4 Å². The molecule has 0 spiro atoms. The summed E-state index contributed by atoms with van der Waals surface area (Å²) in [4.78, 5) is 32.3. The Morgan fingerprint density at radius 1 is 1.06 bits per heavy atom. The summed E-state index contributed by atoms with van der Waals surface area (Å²) >= 11 is 0. The number of rotatable bonds is 6. The normalized spacial score (nSPS) is 16.7. The third-order valence-electron chi connectivity index (χ3n) is 6.24. The number of benzene rings is 2. The molecule has 1 saturated heterocycles. The number of hydrogen-bond donors (Lipinski definition) is 1. The van der Waals surface area contributed by atoms with Crippen LogP contribution in [0.3, 0.4) is 0 Å². The van der Waals surface area contributed by atoms with Crippen molar-refractivity contribution in [3.05, 3.63) is 78.0 Å². The molecule has 2 heterocycles. The third kappa shape index (κ3) is 5.16. The van der Waals surface area contributed by atoms with E-state index in [0.29, 0.717) is 12.5 Å². The minimum atomic E-state index is -0.933. The fourth-order valence-electron chi connectivity index (χ4n) is 4.69. The minimum absolute atomic E-state index is 0.0109. The standard InChI is InChI=1S/C27H31N3O2/c1-27(2,29-25(31)18-20-9-4-3-5-10-20)26(32)30-16-8-11-21(19-30)17-22-12-6-14-24-23(22)13-7-15-28-24/h3-7,9-10,12-15,21H,8,11,16-19H2,1-2H3,(H,29,31). The lowest BCUT2D eigenvalue weighted by atomic mass is 9.89. The van der Waals surface area contributed by atoms with Crippen LogP contribution in [0.25, 0.3) is 10.9 Å². The molecule has 1 aromatic heterocycles. The van der Waals surface area contributed by atoms with Crippen LogP contribution in [0, 0.1) is 5.92 Å². The number of likely N-dealkylation sites (tertiary alicyclic amines) is 1. The molecule has 1 atom stereocenters. The minimum Gasteiger partial charge on any atom is -0.342 e. The number of hydrogen-bond acceptors (Lipinski definition) is 3. The Labute approximate surface area is 189 Å². The molecule has 5 nitrogen and oxygen atoms in total. The van der Waals surface area contributed by atoms with Gasteiger partial charge in [-0.2, -0.15) is 0 Å². The molecule has 1 N–H and O–H groups in total. The van der Waals surface area contributed by atoms with Gasteiger partial charge in [0.05, 0.1) is 11.9 Å². The smallest absolute Gasteiger partial charge is 0.247 e. The Morgan fingerprint density at radius 3 is 2.69 bits per heavy atom. The van der Waals surface area contributed by atoms with Gasteiger partial charge in [-0.3, -0.25) is 14.6 Å². The Morgan fingerprint density at radius 2 is 1.88 bits per heavy atom. The van der Waals surface area contributed by atoms with E-state index in [9.17, 15) is 9.59 Å². The van der Waals surface area contributed by atoms with Gasteiger partial charge in [0.25, 0.3) is 0 Å². The molecular weight excluding hydrogens is 398 g/mol. The first-order valence-electron chi connectivity index (χ1n) is 11.4. The fourth-order valence-corrected chi connectivity index (χ4v) is 4.69. The van der Waals surface area contributed by atoms with Crippen LogP contribution < -0.4 is 5.32 Å². The number of nitrogens with one attached hydrogen (secondary N) is 1. The van der Waals surface area contributed by atoms with Crippen molar-refractivity contribution >= 4 is 22.7 Å². The van der Waals surface area contributed by atoms with E-state index in [0.717, 1.165) is 36.9 Å². The van der Waals surface area contributed by atoms with E-state index in [1.807, 2.05) is 53.6 Å². The molecule has 3 aromatic rings. The number of carbonyl (C=O) groups excluding carboxylic acids is 2. The molecule has 1 aliphatic rings. The molecule has 0 bridgehead atoms. The quantitative estimate of drug-likeness (QED) is 0.640. The maximum absolute atomic E-state index is 13.3. The second-order valence-corrected chi connectivity index (χ2v) is 9.29. The lowest BCUT2D eigenvalue weighted by Crippen LogP contribution is -2.58. The zero-order valence-corrected chi connectivity index (χ0v) is 18.9. The second-order valence-electron chi connectivity index (χ2n) is 9.29. The highest BCUT2D eigenvalue weighted by Gasteiger charge is 2.35. The average molecular weight is 430 g/mol. The number of pyridine rings is 1. The van der Waals surface area contributed by atoms with Crippen molar-refractivity contribution in [1.29, 1.82) is 0 Å². The van der Waals surface area contributed by atoms with Crippen LogP contribution >= 0.6 is 0 Å². The summed E-state index contributed by atoms with van der Waals surface area (Å²) in [5.74, 6) is 0.254. The summed E-state index contributed by atoms with van der Waals surface area (Å²) in [6.07, 6.45) is 5.10. The number of piperidine rings is 1. The monoisotopic (exact) mass is 429 g/mol. The zero-order valence-electron chi connectivity index (χ0n) is 18.9. The number of aromatic nitrogens is 1. The molecule has 4 rings (SSSR count). The van der Waals surface area contributed by atoms with Gasteiger partial charge in [0, 0.05) is 24.7 Å². The van der Waals surface area contributed by atoms with Crippen LogP contribution in [0.5, 0.6) is 0 Å². The molecule has 5 heteroatoms. The van der Waals surface area contributed by atoms with Crippen molar-refractivity contribution in [2.75, 3.05) is 13.1 Å². The Bertz CT molecular complexity index is 1090. The highest BCUT2D eigenvalue weighted by Crippen LogP contribution is 2.26. The second kappa shape index (κ2) is 9.51. The highest BCUT2D eigenvalue weighted by molar-refractivity contribution is 5.91. The Hall–Kier alpha value is -3.21. The molecule has 1 unspecified atom stereocenters. The van der Waals surface area contributed by atoms with Gasteiger partial charge in [-0.15, -0.1) is 0 Å². The number of nitrogens with zero attached hydrogens (tertiary/aromatic N) is 2. The molecule has 0 radical (unpaired) electrons.